The fourth-order valence-corrected chi connectivity index (χ4v) is 2.97. The Balaban J connectivity index is 0.00000392. The molecule has 8 heteroatoms. The van der Waals surface area contributed by atoms with Crippen molar-refractivity contribution < 1.29 is 9.53 Å². The maximum atomic E-state index is 11.9. The number of hydrogen-bond donors (Lipinski definition) is 2. The fourth-order valence-electron chi connectivity index (χ4n) is 2.97. The Kier molecular flexibility index (Phi) is 11.2. The van der Waals surface area contributed by atoms with Crippen LogP contribution in [0.4, 0.5) is 5.69 Å². The zero-order valence-electron chi connectivity index (χ0n) is 17.4. The SMILES string of the molecule is COCCNC(=NCC(=O)N(C)C)NC(C)c1cccc(N2CCCC2)c1.I. The standard InChI is InChI=1S/C20H33N5O2.HI/c1-16(17-8-7-9-18(14-17)25-11-5-6-12-25)23-20(21-10-13-27-4)22-15-19(26)24(2)3;/h7-9,14,16H,5-6,10-13,15H2,1-4H3,(H2,21,22,23);1H. The van der Waals surface area contributed by atoms with Crippen LogP contribution in [0.3, 0.4) is 0 Å². The molecular formula is C20H34IN5O2. The number of nitrogens with zero attached hydrogens (tertiary/aromatic N) is 3. The number of rotatable bonds is 8. The van der Waals surface area contributed by atoms with Crippen LogP contribution < -0.4 is 15.5 Å². The topological polar surface area (TPSA) is 69.2 Å². The first-order valence-electron chi connectivity index (χ1n) is 9.60. The molecule has 1 aromatic carbocycles. The van der Waals surface area contributed by atoms with Crippen molar-refractivity contribution in [3.8, 4) is 0 Å². The number of benzene rings is 1. The lowest BCUT2D eigenvalue weighted by molar-refractivity contribution is -0.127. The number of guanidine groups is 1. The number of anilines is 1. The Morgan fingerprint density at radius 1 is 1.32 bits per heavy atom. The first kappa shape index (κ1) is 24.5. The van der Waals surface area contributed by atoms with Crippen LogP contribution in [0.25, 0.3) is 0 Å². The minimum Gasteiger partial charge on any atom is -0.383 e. The zero-order chi connectivity index (χ0) is 19.6. The van der Waals surface area contributed by atoms with Crippen LogP contribution in [0.2, 0.25) is 0 Å². The number of hydrogen-bond acceptors (Lipinski definition) is 4. The summed E-state index contributed by atoms with van der Waals surface area (Å²) in [4.78, 5) is 20.2. The van der Waals surface area contributed by atoms with E-state index in [-0.39, 0.29) is 42.5 Å². The van der Waals surface area contributed by atoms with Gasteiger partial charge in [0.1, 0.15) is 6.54 Å². The van der Waals surface area contributed by atoms with Gasteiger partial charge >= 0.3 is 0 Å². The number of ether oxygens (including phenoxy) is 1. The summed E-state index contributed by atoms with van der Waals surface area (Å²) in [6.07, 6.45) is 2.52. The molecule has 0 spiro atoms. The minimum absolute atomic E-state index is 0. The largest absolute Gasteiger partial charge is 0.383 e. The van der Waals surface area contributed by atoms with Gasteiger partial charge in [0, 0.05) is 46.5 Å². The van der Waals surface area contributed by atoms with Crippen LogP contribution in [0.15, 0.2) is 29.3 Å². The Labute approximate surface area is 185 Å². The molecule has 0 aliphatic carbocycles. The van der Waals surface area contributed by atoms with E-state index in [1.54, 1.807) is 26.1 Å². The number of methoxy groups -OCH3 is 1. The molecule has 2 N–H and O–H groups in total. The molecule has 1 atom stereocenters. The Hall–Kier alpha value is -1.55. The molecule has 1 aromatic rings. The Morgan fingerprint density at radius 3 is 2.68 bits per heavy atom. The van der Waals surface area contributed by atoms with Gasteiger partial charge in [-0.1, -0.05) is 12.1 Å². The van der Waals surface area contributed by atoms with Gasteiger partial charge in [0.05, 0.1) is 12.6 Å². The van der Waals surface area contributed by atoms with Crippen LogP contribution in [0.1, 0.15) is 31.4 Å². The molecule has 2 rings (SSSR count). The normalized spacial score (nSPS) is 15.0. The second-order valence-electron chi connectivity index (χ2n) is 7.03. The summed E-state index contributed by atoms with van der Waals surface area (Å²) in [6, 6.07) is 8.70. The Bertz CT molecular complexity index is 633. The van der Waals surface area contributed by atoms with Crippen molar-refractivity contribution in [3.63, 3.8) is 0 Å². The predicted octanol–water partition coefficient (Wildman–Crippen LogP) is 2.24. The van der Waals surface area contributed by atoms with Crippen LogP contribution in [0, 0.1) is 0 Å². The quantitative estimate of drug-likeness (QED) is 0.247. The summed E-state index contributed by atoms with van der Waals surface area (Å²) >= 11 is 0. The second kappa shape index (κ2) is 12.8. The third kappa shape index (κ3) is 7.83. The predicted molar refractivity (Wildman–Crippen MR) is 126 cm³/mol. The van der Waals surface area contributed by atoms with Crippen LogP contribution in [-0.4, -0.2) is 70.8 Å². The van der Waals surface area contributed by atoms with Gasteiger partial charge in [0.2, 0.25) is 5.91 Å². The van der Waals surface area contributed by atoms with Gasteiger partial charge in [-0.2, -0.15) is 0 Å². The van der Waals surface area contributed by atoms with Crippen LogP contribution in [-0.2, 0) is 9.53 Å². The van der Waals surface area contributed by atoms with Gasteiger partial charge < -0.3 is 25.2 Å². The molecule has 0 radical (unpaired) electrons. The monoisotopic (exact) mass is 503 g/mol. The van der Waals surface area contributed by atoms with Gasteiger partial charge in [0.15, 0.2) is 5.96 Å². The zero-order valence-corrected chi connectivity index (χ0v) is 19.7. The van der Waals surface area contributed by atoms with E-state index >= 15 is 0 Å². The average molecular weight is 503 g/mol. The highest BCUT2D eigenvalue weighted by Crippen LogP contribution is 2.23. The molecule has 28 heavy (non-hydrogen) atoms. The molecule has 0 aromatic heterocycles. The van der Waals surface area contributed by atoms with Crippen LogP contribution in [0.5, 0.6) is 0 Å². The van der Waals surface area contributed by atoms with E-state index in [1.165, 1.54) is 24.1 Å². The lowest BCUT2D eigenvalue weighted by Crippen LogP contribution is -2.41. The molecule has 0 saturated carbocycles. The van der Waals surface area contributed by atoms with E-state index in [0.717, 1.165) is 13.1 Å². The first-order chi connectivity index (χ1) is 13.0. The number of nitrogens with one attached hydrogen (secondary N) is 2. The van der Waals surface area contributed by atoms with E-state index < -0.39 is 0 Å². The molecule has 158 valence electrons. The summed E-state index contributed by atoms with van der Waals surface area (Å²) < 4.78 is 5.09. The van der Waals surface area contributed by atoms with E-state index in [1.807, 2.05) is 0 Å². The number of carbonyl (C=O) groups excluding carboxylic acids is 1. The molecule has 1 amide bonds. The lowest BCUT2D eigenvalue weighted by atomic mass is 10.1. The molecule has 1 fully saturated rings. The van der Waals surface area contributed by atoms with Gasteiger partial charge in [0.25, 0.3) is 0 Å². The van der Waals surface area contributed by atoms with E-state index in [9.17, 15) is 4.79 Å². The van der Waals surface area contributed by atoms with Crippen LogP contribution >= 0.6 is 24.0 Å². The number of carbonyl (C=O) groups is 1. The minimum atomic E-state index is -0.0356. The molecule has 1 aliphatic rings. The molecule has 1 aliphatic heterocycles. The van der Waals surface area contributed by atoms with Crippen molar-refractivity contribution >= 4 is 41.5 Å². The summed E-state index contributed by atoms with van der Waals surface area (Å²) in [5.41, 5.74) is 2.46. The number of aliphatic imine (C=N–C) groups is 1. The smallest absolute Gasteiger partial charge is 0.243 e. The van der Waals surface area contributed by atoms with Crippen molar-refractivity contribution in [2.24, 2.45) is 4.99 Å². The third-order valence-corrected chi connectivity index (χ3v) is 4.66. The molecular weight excluding hydrogens is 469 g/mol. The van der Waals surface area contributed by atoms with Crippen molar-refractivity contribution in [1.82, 2.24) is 15.5 Å². The maximum absolute atomic E-state index is 11.9. The van der Waals surface area contributed by atoms with Crippen molar-refractivity contribution in [1.29, 1.82) is 0 Å². The van der Waals surface area contributed by atoms with E-state index in [4.69, 9.17) is 4.74 Å². The van der Waals surface area contributed by atoms with Crippen molar-refractivity contribution in [3.05, 3.63) is 29.8 Å². The van der Waals surface area contributed by atoms with Gasteiger partial charge in [-0.05, 0) is 37.5 Å². The Morgan fingerprint density at radius 2 is 2.04 bits per heavy atom. The molecule has 0 bridgehead atoms. The average Bonchev–Trinajstić information content (AvgIpc) is 3.20. The first-order valence-corrected chi connectivity index (χ1v) is 9.60. The number of amides is 1. The van der Waals surface area contributed by atoms with Gasteiger partial charge in [-0.25, -0.2) is 4.99 Å². The van der Waals surface area contributed by atoms with E-state index in [0.29, 0.717) is 19.1 Å². The maximum Gasteiger partial charge on any atom is 0.243 e. The lowest BCUT2D eigenvalue weighted by Gasteiger charge is -2.22. The molecule has 1 saturated heterocycles. The van der Waals surface area contributed by atoms with Gasteiger partial charge in [-0.15, -0.1) is 24.0 Å². The van der Waals surface area contributed by atoms with Gasteiger partial charge in [-0.3, -0.25) is 4.79 Å². The number of halogens is 1. The number of likely N-dealkylation sites (N-methyl/N-ethyl adjacent to an activating group) is 1. The molecule has 1 heterocycles. The summed E-state index contributed by atoms with van der Waals surface area (Å²) in [6.45, 7) is 5.66. The molecule has 1 unspecified atom stereocenters. The van der Waals surface area contributed by atoms with E-state index in [2.05, 4.69) is 51.7 Å². The second-order valence-corrected chi connectivity index (χ2v) is 7.03. The summed E-state index contributed by atoms with van der Waals surface area (Å²) in [5, 5.41) is 6.62. The fraction of sp³-hybridized carbons (Fsp3) is 0.600. The highest BCUT2D eigenvalue weighted by atomic mass is 127. The highest BCUT2D eigenvalue weighted by molar-refractivity contribution is 14.0. The third-order valence-electron chi connectivity index (χ3n) is 4.66. The molecule has 7 nitrogen and oxygen atoms in total. The highest BCUT2D eigenvalue weighted by Gasteiger charge is 2.15. The van der Waals surface area contributed by atoms with Crippen molar-refractivity contribution in [2.75, 3.05) is 58.9 Å². The summed E-state index contributed by atoms with van der Waals surface area (Å²) in [7, 11) is 5.12. The van der Waals surface area contributed by atoms with Crippen molar-refractivity contribution in [2.45, 2.75) is 25.8 Å². The summed E-state index contributed by atoms with van der Waals surface area (Å²) in [5.74, 6) is 0.577.